The first-order chi connectivity index (χ1) is 11.7. The molecule has 1 N–H and O–H groups in total. The number of fused-ring (bicyclic) bond motifs is 1. The Kier molecular flexibility index (Phi) is 3.76. The normalized spacial score (nSPS) is 23.5. The van der Waals surface area contributed by atoms with Crippen molar-refractivity contribution >= 4 is 17.5 Å². The molecule has 2 aromatic rings. The Morgan fingerprint density at radius 3 is 3.00 bits per heavy atom. The lowest BCUT2D eigenvalue weighted by atomic mass is 9.88. The first-order valence-electron chi connectivity index (χ1n) is 8.24. The van der Waals surface area contributed by atoms with Gasteiger partial charge in [0.05, 0.1) is 12.0 Å². The minimum atomic E-state index is -0.399. The number of likely N-dealkylation sites (tertiary alicyclic amines) is 1. The summed E-state index contributed by atoms with van der Waals surface area (Å²) < 4.78 is 1.82. The van der Waals surface area contributed by atoms with Gasteiger partial charge >= 0.3 is 0 Å². The van der Waals surface area contributed by atoms with Crippen LogP contribution in [0.15, 0.2) is 36.9 Å². The molecule has 0 bridgehead atoms. The lowest BCUT2D eigenvalue weighted by Crippen LogP contribution is -2.44. The highest BCUT2D eigenvalue weighted by Crippen LogP contribution is 2.34. The van der Waals surface area contributed by atoms with E-state index < -0.39 is 5.92 Å². The van der Waals surface area contributed by atoms with E-state index in [0.717, 1.165) is 30.6 Å². The smallest absolute Gasteiger partial charge is 0.230 e. The molecule has 0 saturated carbocycles. The Hall–Kier alpha value is -2.70. The minimum absolute atomic E-state index is 0.0297. The van der Waals surface area contributed by atoms with Crippen LogP contribution in [-0.2, 0) is 9.59 Å². The molecule has 0 radical (unpaired) electrons. The molecule has 124 valence electrons. The Morgan fingerprint density at radius 1 is 1.29 bits per heavy atom. The van der Waals surface area contributed by atoms with E-state index in [9.17, 15) is 9.59 Å². The van der Waals surface area contributed by atoms with Gasteiger partial charge in [0.1, 0.15) is 12.7 Å². The van der Waals surface area contributed by atoms with E-state index in [1.807, 2.05) is 33.8 Å². The maximum atomic E-state index is 13.1. The summed E-state index contributed by atoms with van der Waals surface area (Å²) in [5, 5.41) is 7.04. The van der Waals surface area contributed by atoms with Crippen molar-refractivity contribution in [2.75, 3.05) is 18.4 Å². The first kappa shape index (κ1) is 14.9. The molecule has 0 aliphatic carbocycles. The van der Waals surface area contributed by atoms with Crippen LogP contribution in [0.25, 0.3) is 0 Å². The quantitative estimate of drug-likeness (QED) is 0.909. The fourth-order valence-corrected chi connectivity index (χ4v) is 3.63. The van der Waals surface area contributed by atoms with Gasteiger partial charge in [-0.3, -0.25) is 9.59 Å². The average Bonchev–Trinajstić information content (AvgIpc) is 3.15. The highest BCUT2D eigenvalue weighted by atomic mass is 16.2. The second-order valence-electron chi connectivity index (χ2n) is 6.35. The number of rotatable bonds is 2. The molecule has 1 aromatic heterocycles. The standard InChI is InChI=1S/C17H19N5O2/c23-16-8-14(13-5-1-2-6-15(13)20-16)17(24)21-7-3-4-12(9-21)22-11-18-10-19-22/h1-2,5-6,10-12,14H,3-4,7-9H2,(H,20,23)/t12-,14-/m0/s1. The van der Waals surface area contributed by atoms with Gasteiger partial charge < -0.3 is 10.2 Å². The molecular formula is C17H19N5O2. The van der Waals surface area contributed by atoms with E-state index in [1.54, 1.807) is 6.33 Å². The fraction of sp³-hybridized carbons (Fsp3) is 0.412. The number of carbonyl (C=O) groups is 2. The van der Waals surface area contributed by atoms with Crippen LogP contribution in [0.3, 0.4) is 0 Å². The molecule has 1 aromatic carbocycles. The number of amides is 2. The van der Waals surface area contributed by atoms with Crippen molar-refractivity contribution in [2.24, 2.45) is 0 Å². The number of anilines is 1. The van der Waals surface area contributed by atoms with Crippen LogP contribution < -0.4 is 5.32 Å². The molecule has 0 unspecified atom stereocenters. The van der Waals surface area contributed by atoms with Crippen LogP contribution >= 0.6 is 0 Å². The van der Waals surface area contributed by atoms with E-state index in [1.165, 1.54) is 6.33 Å². The number of para-hydroxylation sites is 1. The van der Waals surface area contributed by atoms with Gasteiger partial charge in [-0.25, -0.2) is 9.67 Å². The first-order valence-corrected chi connectivity index (χ1v) is 8.24. The Balaban J connectivity index is 1.56. The van der Waals surface area contributed by atoms with Crippen molar-refractivity contribution in [3.8, 4) is 0 Å². The van der Waals surface area contributed by atoms with Gasteiger partial charge in [0, 0.05) is 25.2 Å². The molecular weight excluding hydrogens is 306 g/mol. The number of benzene rings is 1. The molecule has 3 heterocycles. The van der Waals surface area contributed by atoms with Crippen LogP contribution in [0.4, 0.5) is 5.69 Å². The number of aromatic nitrogens is 3. The van der Waals surface area contributed by atoms with Crippen molar-refractivity contribution in [3.05, 3.63) is 42.5 Å². The number of nitrogens with one attached hydrogen (secondary N) is 1. The second-order valence-corrected chi connectivity index (χ2v) is 6.35. The zero-order valence-electron chi connectivity index (χ0n) is 13.3. The Bertz CT molecular complexity index is 758. The molecule has 2 aliphatic heterocycles. The third-order valence-electron chi connectivity index (χ3n) is 4.82. The predicted octanol–water partition coefficient (Wildman–Crippen LogP) is 1.57. The van der Waals surface area contributed by atoms with Crippen molar-refractivity contribution in [3.63, 3.8) is 0 Å². The maximum Gasteiger partial charge on any atom is 0.230 e. The van der Waals surface area contributed by atoms with Crippen molar-refractivity contribution in [2.45, 2.75) is 31.2 Å². The molecule has 2 amide bonds. The maximum absolute atomic E-state index is 13.1. The van der Waals surface area contributed by atoms with Crippen LogP contribution in [0.1, 0.15) is 36.8 Å². The van der Waals surface area contributed by atoms with Crippen LogP contribution in [0.2, 0.25) is 0 Å². The molecule has 2 aliphatic rings. The Labute approximate surface area is 139 Å². The largest absolute Gasteiger partial charge is 0.340 e. The van der Waals surface area contributed by atoms with Crippen LogP contribution in [-0.4, -0.2) is 44.6 Å². The van der Waals surface area contributed by atoms with Gasteiger partial charge in [-0.15, -0.1) is 0 Å². The SMILES string of the molecule is O=C1C[C@H](C(=O)N2CCC[C@H](n3cncn3)C2)c2ccccc2N1. The number of hydrogen-bond donors (Lipinski definition) is 1. The second kappa shape index (κ2) is 6.07. The van der Waals surface area contributed by atoms with E-state index >= 15 is 0 Å². The van der Waals surface area contributed by atoms with E-state index in [2.05, 4.69) is 15.4 Å². The van der Waals surface area contributed by atoms with Crippen molar-refractivity contribution in [1.82, 2.24) is 19.7 Å². The number of carbonyl (C=O) groups excluding carboxylic acids is 2. The van der Waals surface area contributed by atoms with Gasteiger partial charge in [0.25, 0.3) is 0 Å². The molecule has 2 atom stereocenters. The lowest BCUT2D eigenvalue weighted by molar-refractivity contribution is -0.136. The molecule has 7 nitrogen and oxygen atoms in total. The van der Waals surface area contributed by atoms with Crippen molar-refractivity contribution in [1.29, 1.82) is 0 Å². The summed E-state index contributed by atoms with van der Waals surface area (Å²) in [6, 6.07) is 7.70. The summed E-state index contributed by atoms with van der Waals surface area (Å²) in [7, 11) is 0. The highest BCUT2D eigenvalue weighted by molar-refractivity contribution is 6.01. The molecule has 0 spiro atoms. The molecule has 4 rings (SSSR count). The van der Waals surface area contributed by atoms with E-state index in [0.29, 0.717) is 6.54 Å². The van der Waals surface area contributed by atoms with E-state index in [4.69, 9.17) is 0 Å². The third-order valence-corrected chi connectivity index (χ3v) is 4.82. The summed E-state index contributed by atoms with van der Waals surface area (Å²) >= 11 is 0. The van der Waals surface area contributed by atoms with Gasteiger partial charge in [0.2, 0.25) is 11.8 Å². The number of nitrogens with zero attached hydrogens (tertiary/aromatic N) is 4. The van der Waals surface area contributed by atoms with E-state index in [-0.39, 0.29) is 24.3 Å². The minimum Gasteiger partial charge on any atom is -0.340 e. The molecule has 7 heteroatoms. The van der Waals surface area contributed by atoms with Gasteiger partial charge in [0.15, 0.2) is 0 Å². The zero-order chi connectivity index (χ0) is 16.5. The van der Waals surface area contributed by atoms with Crippen LogP contribution in [0, 0.1) is 0 Å². The van der Waals surface area contributed by atoms with Gasteiger partial charge in [-0.1, -0.05) is 18.2 Å². The third kappa shape index (κ3) is 2.66. The van der Waals surface area contributed by atoms with Crippen molar-refractivity contribution < 1.29 is 9.59 Å². The summed E-state index contributed by atoms with van der Waals surface area (Å²) in [6.45, 7) is 1.34. The Morgan fingerprint density at radius 2 is 2.17 bits per heavy atom. The highest BCUT2D eigenvalue weighted by Gasteiger charge is 2.35. The lowest BCUT2D eigenvalue weighted by Gasteiger charge is -2.36. The predicted molar refractivity (Wildman–Crippen MR) is 87.3 cm³/mol. The summed E-state index contributed by atoms with van der Waals surface area (Å²) in [5.74, 6) is -0.469. The topological polar surface area (TPSA) is 80.1 Å². The summed E-state index contributed by atoms with van der Waals surface area (Å²) in [6.07, 6.45) is 5.33. The number of hydrogen-bond acceptors (Lipinski definition) is 4. The fourth-order valence-electron chi connectivity index (χ4n) is 3.63. The molecule has 1 saturated heterocycles. The van der Waals surface area contributed by atoms with Crippen LogP contribution in [0.5, 0.6) is 0 Å². The van der Waals surface area contributed by atoms with Gasteiger partial charge in [-0.05, 0) is 24.5 Å². The average molecular weight is 325 g/mol. The molecule has 24 heavy (non-hydrogen) atoms. The summed E-state index contributed by atoms with van der Waals surface area (Å²) in [5.41, 5.74) is 1.65. The monoisotopic (exact) mass is 325 g/mol. The number of piperidine rings is 1. The molecule has 1 fully saturated rings. The summed E-state index contributed by atoms with van der Waals surface area (Å²) in [4.78, 5) is 30.9. The zero-order valence-corrected chi connectivity index (χ0v) is 13.3. The van der Waals surface area contributed by atoms with Gasteiger partial charge in [-0.2, -0.15) is 5.10 Å².